The third kappa shape index (κ3) is 3.77. The molecule has 0 radical (unpaired) electrons. The monoisotopic (exact) mass is 435 g/mol. The van der Waals surface area contributed by atoms with Crippen LogP contribution in [0.3, 0.4) is 0 Å². The smallest absolute Gasteiger partial charge is 0.337 e. The Kier molecular flexibility index (Phi) is 5.22. The molecule has 1 aromatic heterocycles. The van der Waals surface area contributed by atoms with Gasteiger partial charge in [-0.3, -0.25) is 4.79 Å². The van der Waals surface area contributed by atoms with Gasteiger partial charge in [0.2, 0.25) is 18.5 Å². The van der Waals surface area contributed by atoms with Crippen LogP contribution in [0, 0.1) is 0 Å². The Morgan fingerprint density at radius 2 is 1.72 bits per heavy atom. The van der Waals surface area contributed by atoms with Crippen molar-refractivity contribution in [2.45, 2.75) is 18.8 Å². The molecule has 0 N–H and O–H groups in total. The summed E-state index contributed by atoms with van der Waals surface area (Å²) in [6.45, 7) is 1.39. The minimum Gasteiger partial charge on any atom is -0.465 e. The van der Waals surface area contributed by atoms with Crippen LogP contribution in [0.2, 0.25) is 0 Å². The number of carbonyl (C=O) groups is 2. The number of likely N-dealkylation sites (tertiary alicyclic amines) is 1. The highest BCUT2D eigenvalue weighted by atomic mass is 16.7. The second-order valence-corrected chi connectivity index (χ2v) is 7.66. The molecule has 3 aromatic rings. The molecule has 1 saturated heterocycles. The zero-order valence-corrected chi connectivity index (χ0v) is 17.4. The first-order valence-corrected chi connectivity index (χ1v) is 10.3. The molecule has 0 aliphatic carbocycles. The van der Waals surface area contributed by atoms with Crippen molar-refractivity contribution in [2.24, 2.45) is 0 Å². The van der Waals surface area contributed by atoms with Gasteiger partial charge in [-0.25, -0.2) is 4.79 Å². The molecular weight excluding hydrogens is 414 g/mol. The first-order valence-electron chi connectivity index (χ1n) is 10.3. The van der Waals surface area contributed by atoms with Crippen molar-refractivity contribution in [1.29, 1.82) is 0 Å². The molecule has 0 atom stereocenters. The molecule has 1 fully saturated rings. The Bertz CT molecular complexity index is 1150. The number of fused-ring (bicyclic) bond motifs is 1. The Hall–Kier alpha value is -3.88. The number of esters is 1. The summed E-state index contributed by atoms with van der Waals surface area (Å²) < 4.78 is 21.0. The number of aromatic nitrogens is 2. The van der Waals surface area contributed by atoms with Gasteiger partial charge in [0.15, 0.2) is 11.5 Å². The highest BCUT2D eigenvalue weighted by molar-refractivity contribution is 5.96. The van der Waals surface area contributed by atoms with E-state index < -0.39 is 5.97 Å². The summed E-state index contributed by atoms with van der Waals surface area (Å²) in [5, 5.41) is 4.12. The van der Waals surface area contributed by atoms with Crippen LogP contribution < -0.4 is 9.47 Å². The lowest BCUT2D eigenvalue weighted by molar-refractivity contribution is 0.0599. The van der Waals surface area contributed by atoms with E-state index in [1.54, 1.807) is 29.2 Å². The van der Waals surface area contributed by atoms with E-state index in [1.807, 2.05) is 18.2 Å². The Morgan fingerprint density at radius 1 is 1.00 bits per heavy atom. The number of methoxy groups -OCH3 is 1. The summed E-state index contributed by atoms with van der Waals surface area (Å²) in [6, 6.07) is 12.0. The molecule has 164 valence electrons. The lowest BCUT2D eigenvalue weighted by atomic mass is 9.96. The minimum atomic E-state index is -0.426. The number of carbonyl (C=O) groups excluding carboxylic acids is 2. The molecule has 9 nitrogen and oxygen atoms in total. The van der Waals surface area contributed by atoms with Crippen molar-refractivity contribution in [3.05, 3.63) is 59.5 Å². The predicted octanol–water partition coefficient (Wildman–Crippen LogP) is 3.27. The predicted molar refractivity (Wildman–Crippen MR) is 112 cm³/mol. The van der Waals surface area contributed by atoms with E-state index in [4.69, 9.17) is 18.7 Å². The Morgan fingerprint density at radius 3 is 2.47 bits per heavy atom. The average molecular weight is 435 g/mol. The van der Waals surface area contributed by atoms with Crippen LogP contribution in [0.15, 0.2) is 47.0 Å². The zero-order valence-electron chi connectivity index (χ0n) is 17.4. The van der Waals surface area contributed by atoms with E-state index in [1.165, 1.54) is 7.11 Å². The maximum atomic E-state index is 12.8. The van der Waals surface area contributed by atoms with Crippen LogP contribution in [0.5, 0.6) is 11.5 Å². The summed E-state index contributed by atoms with van der Waals surface area (Å²) in [6.07, 6.45) is 1.46. The largest absolute Gasteiger partial charge is 0.465 e. The van der Waals surface area contributed by atoms with Crippen molar-refractivity contribution in [1.82, 2.24) is 15.0 Å². The van der Waals surface area contributed by atoms with Gasteiger partial charge in [0.05, 0.1) is 12.7 Å². The molecule has 2 aliphatic rings. The molecular formula is C23H21N3O6. The summed E-state index contributed by atoms with van der Waals surface area (Å²) in [7, 11) is 1.33. The number of hydrogen-bond donors (Lipinski definition) is 0. The Balaban J connectivity index is 1.21. The lowest BCUT2D eigenvalue weighted by Gasteiger charge is -2.30. The maximum absolute atomic E-state index is 12.8. The van der Waals surface area contributed by atoms with E-state index in [-0.39, 0.29) is 18.6 Å². The van der Waals surface area contributed by atoms with E-state index in [0.717, 1.165) is 18.4 Å². The third-order valence-electron chi connectivity index (χ3n) is 5.76. The molecule has 0 spiro atoms. The van der Waals surface area contributed by atoms with Gasteiger partial charge in [-0.2, -0.15) is 4.98 Å². The van der Waals surface area contributed by atoms with E-state index in [9.17, 15) is 9.59 Å². The summed E-state index contributed by atoms with van der Waals surface area (Å²) >= 11 is 0. The van der Waals surface area contributed by atoms with Gasteiger partial charge in [-0.15, -0.1) is 0 Å². The van der Waals surface area contributed by atoms with Crippen LogP contribution in [-0.4, -0.2) is 53.9 Å². The molecule has 9 heteroatoms. The van der Waals surface area contributed by atoms with Crippen LogP contribution in [0.4, 0.5) is 0 Å². The molecule has 0 bridgehead atoms. The molecule has 3 heterocycles. The highest BCUT2D eigenvalue weighted by Gasteiger charge is 2.28. The van der Waals surface area contributed by atoms with Crippen LogP contribution >= 0.6 is 0 Å². The van der Waals surface area contributed by atoms with Crippen molar-refractivity contribution in [3.63, 3.8) is 0 Å². The van der Waals surface area contributed by atoms with Gasteiger partial charge >= 0.3 is 5.97 Å². The normalized spacial score (nSPS) is 15.6. The van der Waals surface area contributed by atoms with Gasteiger partial charge < -0.3 is 23.6 Å². The standard InChI is InChI=1S/C23H21N3O6/c1-29-23(28)16-4-2-15(3-5-16)22(27)26-10-8-14(9-11-26)21-24-20(25-32-21)17-6-7-18-19(12-17)31-13-30-18/h2-7,12,14H,8-11,13H2,1H3. The molecule has 32 heavy (non-hydrogen) atoms. The van der Waals surface area contributed by atoms with E-state index in [2.05, 4.69) is 10.1 Å². The van der Waals surface area contributed by atoms with Gasteiger partial charge in [0, 0.05) is 30.1 Å². The fraction of sp³-hybridized carbons (Fsp3) is 0.304. The maximum Gasteiger partial charge on any atom is 0.337 e. The van der Waals surface area contributed by atoms with Crippen molar-refractivity contribution in [3.8, 4) is 22.9 Å². The van der Waals surface area contributed by atoms with E-state index >= 15 is 0 Å². The van der Waals surface area contributed by atoms with Crippen LogP contribution in [-0.2, 0) is 4.74 Å². The van der Waals surface area contributed by atoms with Crippen molar-refractivity contribution < 1.29 is 28.3 Å². The van der Waals surface area contributed by atoms with Crippen LogP contribution in [0.25, 0.3) is 11.4 Å². The van der Waals surface area contributed by atoms with Crippen LogP contribution in [0.1, 0.15) is 45.4 Å². The zero-order chi connectivity index (χ0) is 22.1. The number of rotatable bonds is 4. The summed E-state index contributed by atoms with van der Waals surface area (Å²) in [5.74, 6) is 2.05. The fourth-order valence-corrected chi connectivity index (χ4v) is 3.93. The Labute approximate surface area is 183 Å². The second-order valence-electron chi connectivity index (χ2n) is 7.66. The summed E-state index contributed by atoms with van der Waals surface area (Å²) in [4.78, 5) is 30.7. The topological polar surface area (TPSA) is 104 Å². The van der Waals surface area contributed by atoms with Gasteiger partial charge in [0.25, 0.3) is 5.91 Å². The molecule has 0 saturated carbocycles. The van der Waals surface area contributed by atoms with E-state index in [0.29, 0.717) is 47.4 Å². The minimum absolute atomic E-state index is 0.0635. The second kappa shape index (κ2) is 8.33. The molecule has 5 rings (SSSR count). The molecule has 2 aliphatic heterocycles. The molecule has 0 unspecified atom stereocenters. The lowest BCUT2D eigenvalue weighted by Crippen LogP contribution is -2.38. The number of amides is 1. The summed E-state index contributed by atoms with van der Waals surface area (Å²) in [5.41, 5.74) is 1.75. The van der Waals surface area contributed by atoms with Crippen molar-refractivity contribution in [2.75, 3.05) is 27.0 Å². The first kappa shape index (κ1) is 20.0. The fourth-order valence-electron chi connectivity index (χ4n) is 3.93. The third-order valence-corrected chi connectivity index (χ3v) is 5.76. The number of hydrogen-bond acceptors (Lipinski definition) is 8. The first-order chi connectivity index (χ1) is 15.6. The van der Waals surface area contributed by atoms with Gasteiger partial charge in [-0.05, 0) is 55.3 Å². The average Bonchev–Trinajstić information content (AvgIpc) is 3.53. The SMILES string of the molecule is COC(=O)c1ccc(C(=O)N2CCC(c3nc(-c4ccc5c(c4)OCO5)no3)CC2)cc1. The quantitative estimate of drug-likeness (QED) is 0.575. The van der Waals surface area contributed by atoms with Crippen molar-refractivity contribution >= 4 is 11.9 Å². The number of benzene rings is 2. The van der Waals surface area contributed by atoms with Gasteiger partial charge in [0.1, 0.15) is 0 Å². The number of piperidine rings is 1. The molecule has 2 aromatic carbocycles. The number of ether oxygens (including phenoxy) is 3. The molecule has 1 amide bonds. The van der Waals surface area contributed by atoms with Gasteiger partial charge in [-0.1, -0.05) is 5.16 Å². The highest BCUT2D eigenvalue weighted by Crippen LogP contribution is 2.36. The number of nitrogens with zero attached hydrogens (tertiary/aromatic N) is 3.